The molecule has 0 aliphatic carbocycles. The third kappa shape index (κ3) is 2.79. The third-order valence-corrected chi connectivity index (χ3v) is 4.69. The molecule has 2 aromatic rings. The highest BCUT2D eigenvalue weighted by atomic mass is 79.9. The Kier molecular flexibility index (Phi) is 4.28. The maximum absolute atomic E-state index is 6.25. The average molecular weight is 382 g/mol. The molecule has 2 heterocycles. The van der Waals surface area contributed by atoms with Gasteiger partial charge >= 0.3 is 0 Å². The van der Waals surface area contributed by atoms with Crippen molar-refractivity contribution in [2.45, 2.75) is 26.7 Å². The molecule has 0 radical (unpaired) electrons. The Bertz CT molecular complexity index is 718. The lowest BCUT2D eigenvalue weighted by atomic mass is 10.0. The van der Waals surface area contributed by atoms with Gasteiger partial charge in [0, 0.05) is 17.6 Å². The van der Waals surface area contributed by atoms with Gasteiger partial charge in [-0.15, -0.1) is 0 Å². The highest BCUT2D eigenvalue weighted by molar-refractivity contribution is 9.10. The van der Waals surface area contributed by atoms with Crippen molar-refractivity contribution in [3.05, 3.63) is 39.2 Å². The summed E-state index contributed by atoms with van der Waals surface area (Å²) < 4.78 is 1.07. The monoisotopic (exact) mass is 380 g/mol. The standard InChI is InChI=1S/C16H18BrClN4/c1-9(2)11-4-5-13(12(17)8-11)22-7-6-19-14-15(18)20-10(3)21-16(14)22/h4-5,8-9,19H,6-7H2,1-3H3. The molecule has 4 nitrogen and oxygen atoms in total. The molecule has 1 aliphatic rings. The second kappa shape index (κ2) is 6.05. The maximum atomic E-state index is 6.25. The van der Waals surface area contributed by atoms with E-state index in [1.54, 1.807) is 0 Å². The van der Waals surface area contributed by atoms with Gasteiger partial charge in [0.25, 0.3) is 0 Å². The van der Waals surface area contributed by atoms with Crippen LogP contribution in [0.2, 0.25) is 5.15 Å². The molecule has 0 bridgehead atoms. The summed E-state index contributed by atoms with van der Waals surface area (Å²) in [6, 6.07) is 6.49. The van der Waals surface area contributed by atoms with Gasteiger partial charge in [0.2, 0.25) is 0 Å². The van der Waals surface area contributed by atoms with E-state index in [-0.39, 0.29) is 0 Å². The second-order valence-corrected chi connectivity index (χ2v) is 6.92. The molecule has 116 valence electrons. The van der Waals surface area contributed by atoms with Crippen molar-refractivity contribution in [1.29, 1.82) is 0 Å². The summed E-state index contributed by atoms with van der Waals surface area (Å²) in [5, 5.41) is 3.77. The van der Waals surface area contributed by atoms with E-state index in [2.05, 4.69) is 68.2 Å². The first-order chi connectivity index (χ1) is 10.5. The lowest BCUT2D eigenvalue weighted by Gasteiger charge is -2.32. The lowest BCUT2D eigenvalue weighted by Crippen LogP contribution is -2.32. The van der Waals surface area contributed by atoms with Crippen LogP contribution < -0.4 is 10.2 Å². The van der Waals surface area contributed by atoms with E-state index in [1.165, 1.54) is 5.56 Å². The Balaban J connectivity index is 2.08. The fourth-order valence-electron chi connectivity index (χ4n) is 2.61. The quantitative estimate of drug-likeness (QED) is 0.752. The topological polar surface area (TPSA) is 41.1 Å². The SMILES string of the molecule is Cc1nc(Cl)c2c(n1)N(c1ccc(C(C)C)cc1Br)CCN2. The summed E-state index contributed by atoms with van der Waals surface area (Å²) in [5.74, 6) is 2.01. The number of hydrogen-bond donors (Lipinski definition) is 1. The molecular weight excluding hydrogens is 364 g/mol. The van der Waals surface area contributed by atoms with Crippen molar-refractivity contribution < 1.29 is 0 Å². The van der Waals surface area contributed by atoms with E-state index in [1.807, 2.05) is 6.92 Å². The first kappa shape index (κ1) is 15.6. The number of nitrogens with zero attached hydrogens (tertiary/aromatic N) is 3. The van der Waals surface area contributed by atoms with Gasteiger partial charge in [-0.2, -0.15) is 0 Å². The van der Waals surface area contributed by atoms with E-state index in [0.717, 1.165) is 34.8 Å². The fraction of sp³-hybridized carbons (Fsp3) is 0.375. The Labute approximate surface area is 144 Å². The zero-order valence-electron chi connectivity index (χ0n) is 12.8. The van der Waals surface area contributed by atoms with Crippen LogP contribution in [-0.4, -0.2) is 23.1 Å². The summed E-state index contributed by atoms with van der Waals surface area (Å²) >= 11 is 9.96. The molecule has 0 unspecified atom stereocenters. The molecule has 1 aromatic heterocycles. The van der Waals surface area contributed by atoms with Crippen LogP contribution in [-0.2, 0) is 0 Å². The number of aryl methyl sites for hydroxylation is 1. The van der Waals surface area contributed by atoms with E-state index < -0.39 is 0 Å². The summed E-state index contributed by atoms with van der Waals surface area (Å²) in [6.45, 7) is 7.88. The van der Waals surface area contributed by atoms with Crippen molar-refractivity contribution in [3.63, 3.8) is 0 Å². The van der Waals surface area contributed by atoms with E-state index >= 15 is 0 Å². The maximum Gasteiger partial charge on any atom is 0.161 e. The summed E-state index contributed by atoms with van der Waals surface area (Å²) in [4.78, 5) is 11.0. The van der Waals surface area contributed by atoms with Gasteiger partial charge in [-0.3, -0.25) is 0 Å². The highest BCUT2D eigenvalue weighted by Crippen LogP contribution is 2.40. The van der Waals surface area contributed by atoms with E-state index in [9.17, 15) is 0 Å². The van der Waals surface area contributed by atoms with Gasteiger partial charge in [0.15, 0.2) is 11.0 Å². The van der Waals surface area contributed by atoms with Gasteiger partial charge in [0.05, 0.1) is 5.69 Å². The second-order valence-electron chi connectivity index (χ2n) is 5.70. The van der Waals surface area contributed by atoms with Gasteiger partial charge in [-0.05, 0) is 46.5 Å². The number of hydrogen-bond acceptors (Lipinski definition) is 4. The van der Waals surface area contributed by atoms with Crippen molar-refractivity contribution in [1.82, 2.24) is 9.97 Å². The normalized spacial score (nSPS) is 14.0. The summed E-state index contributed by atoms with van der Waals surface area (Å²) in [7, 11) is 0. The number of fused-ring (bicyclic) bond motifs is 1. The number of aromatic nitrogens is 2. The van der Waals surface area contributed by atoms with Crippen molar-refractivity contribution in [2.24, 2.45) is 0 Å². The Morgan fingerprint density at radius 1 is 1.32 bits per heavy atom. The zero-order chi connectivity index (χ0) is 15.9. The number of rotatable bonds is 2. The molecule has 6 heteroatoms. The smallest absolute Gasteiger partial charge is 0.161 e. The molecule has 3 rings (SSSR count). The molecule has 1 N–H and O–H groups in total. The Hall–Kier alpha value is -1.33. The van der Waals surface area contributed by atoms with Crippen LogP contribution in [0.5, 0.6) is 0 Å². The minimum atomic E-state index is 0.474. The highest BCUT2D eigenvalue weighted by Gasteiger charge is 2.24. The molecule has 0 saturated heterocycles. The van der Waals surface area contributed by atoms with Crippen LogP contribution in [0.1, 0.15) is 31.2 Å². The molecule has 1 aromatic carbocycles. The van der Waals surface area contributed by atoms with Crippen molar-refractivity contribution >= 4 is 44.7 Å². The first-order valence-electron chi connectivity index (χ1n) is 7.32. The third-order valence-electron chi connectivity index (χ3n) is 3.78. The number of halogens is 2. The van der Waals surface area contributed by atoms with Crippen molar-refractivity contribution in [2.75, 3.05) is 23.3 Å². The molecule has 0 amide bonds. The average Bonchev–Trinajstić information content (AvgIpc) is 2.46. The predicted octanol–water partition coefficient (Wildman–Crippen LogP) is 4.89. The van der Waals surface area contributed by atoms with Crippen LogP contribution in [0.15, 0.2) is 22.7 Å². The van der Waals surface area contributed by atoms with Crippen LogP contribution in [0.25, 0.3) is 0 Å². The lowest BCUT2D eigenvalue weighted by molar-refractivity contribution is 0.858. The largest absolute Gasteiger partial charge is 0.378 e. The summed E-state index contributed by atoms with van der Waals surface area (Å²) in [6.07, 6.45) is 0. The molecule has 0 fully saturated rings. The zero-order valence-corrected chi connectivity index (χ0v) is 15.2. The van der Waals surface area contributed by atoms with E-state index in [4.69, 9.17) is 11.6 Å². The van der Waals surface area contributed by atoms with Gasteiger partial charge < -0.3 is 10.2 Å². The minimum absolute atomic E-state index is 0.474. The first-order valence-corrected chi connectivity index (χ1v) is 8.49. The molecule has 22 heavy (non-hydrogen) atoms. The number of benzene rings is 1. The van der Waals surface area contributed by atoms with Gasteiger partial charge in [-0.25, -0.2) is 9.97 Å². The van der Waals surface area contributed by atoms with Gasteiger partial charge in [0.1, 0.15) is 11.5 Å². The van der Waals surface area contributed by atoms with Crippen LogP contribution >= 0.6 is 27.5 Å². The molecule has 0 saturated carbocycles. The van der Waals surface area contributed by atoms with Crippen LogP contribution in [0.4, 0.5) is 17.2 Å². The number of anilines is 3. The van der Waals surface area contributed by atoms with E-state index in [0.29, 0.717) is 16.9 Å². The molecular formula is C16H18BrClN4. The molecule has 0 spiro atoms. The van der Waals surface area contributed by atoms with Gasteiger partial charge in [-0.1, -0.05) is 31.5 Å². The van der Waals surface area contributed by atoms with Crippen molar-refractivity contribution in [3.8, 4) is 0 Å². The van der Waals surface area contributed by atoms with Crippen LogP contribution in [0, 0.1) is 6.92 Å². The Morgan fingerprint density at radius 2 is 2.09 bits per heavy atom. The Morgan fingerprint density at radius 3 is 2.77 bits per heavy atom. The predicted molar refractivity (Wildman–Crippen MR) is 95.5 cm³/mol. The molecule has 1 aliphatic heterocycles. The fourth-order valence-corrected chi connectivity index (χ4v) is 3.49. The number of nitrogens with one attached hydrogen (secondary N) is 1. The minimum Gasteiger partial charge on any atom is -0.378 e. The molecule has 0 atom stereocenters. The van der Waals surface area contributed by atoms with Crippen LogP contribution in [0.3, 0.4) is 0 Å². The summed E-state index contributed by atoms with van der Waals surface area (Å²) in [5.41, 5.74) is 3.21.